The van der Waals surface area contributed by atoms with Crippen LogP contribution in [0.2, 0.25) is 0 Å². The van der Waals surface area contributed by atoms with Crippen molar-refractivity contribution in [3.05, 3.63) is 42.4 Å². The topological polar surface area (TPSA) is 58.5 Å². The number of nitrogens with zero attached hydrogens (tertiary/aromatic N) is 3. The summed E-state index contributed by atoms with van der Waals surface area (Å²) in [6.07, 6.45) is 5.78. The molecule has 0 saturated carbocycles. The first kappa shape index (κ1) is 10.8. The van der Waals surface area contributed by atoms with Gasteiger partial charge in [0.25, 0.3) is 0 Å². The molecule has 0 saturated heterocycles. The highest BCUT2D eigenvalue weighted by Gasteiger charge is 2.00. The van der Waals surface area contributed by atoms with E-state index in [-0.39, 0.29) is 0 Å². The van der Waals surface area contributed by atoms with Gasteiger partial charge in [0.15, 0.2) is 0 Å². The fourth-order valence-electron chi connectivity index (χ4n) is 1.92. The van der Waals surface area contributed by atoms with Gasteiger partial charge in [0, 0.05) is 35.9 Å². The van der Waals surface area contributed by atoms with Gasteiger partial charge in [0.05, 0.1) is 17.9 Å². The summed E-state index contributed by atoms with van der Waals surface area (Å²) in [6.45, 7) is 3.76. The first-order valence-electron chi connectivity index (χ1n) is 6.03. The second-order valence-corrected chi connectivity index (χ2v) is 4.23. The lowest BCUT2D eigenvalue weighted by Gasteiger charge is -2.04. The van der Waals surface area contributed by atoms with Crippen LogP contribution in [0.4, 0.5) is 5.69 Å². The molecule has 0 amide bonds. The van der Waals surface area contributed by atoms with E-state index in [0.717, 1.165) is 29.7 Å². The van der Waals surface area contributed by atoms with Crippen molar-refractivity contribution in [2.75, 3.05) is 5.32 Å². The van der Waals surface area contributed by atoms with E-state index in [9.17, 15) is 0 Å². The highest BCUT2D eigenvalue weighted by molar-refractivity contribution is 5.81. The van der Waals surface area contributed by atoms with Crippen LogP contribution in [0, 0.1) is 0 Å². The van der Waals surface area contributed by atoms with Crippen molar-refractivity contribution in [3.63, 3.8) is 0 Å². The Balaban J connectivity index is 1.72. The zero-order valence-electron chi connectivity index (χ0n) is 10.2. The molecule has 1 aromatic carbocycles. The quantitative estimate of drug-likeness (QED) is 0.737. The highest BCUT2D eigenvalue weighted by atomic mass is 15.3. The van der Waals surface area contributed by atoms with Gasteiger partial charge >= 0.3 is 0 Å². The second kappa shape index (κ2) is 4.52. The van der Waals surface area contributed by atoms with E-state index >= 15 is 0 Å². The third kappa shape index (κ3) is 2.07. The van der Waals surface area contributed by atoms with Crippen LogP contribution in [0.1, 0.15) is 12.5 Å². The number of anilines is 1. The van der Waals surface area contributed by atoms with E-state index in [0.29, 0.717) is 0 Å². The van der Waals surface area contributed by atoms with Crippen molar-refractivity contribution < 1.29 is 0 Å². The lowest BCUT2D eigenvalue weighted by atomic mass is 10.2. The average Bonchev–Trinajstić information content (AvgIpc) is 3.04. The molecular weight excluding hydrogens is 226 g/mol. The number of hydrogen-bond acceptors (Lipinski definition) is 3. The van der Waals surface area contributed by atoms with Gasteiger partial charge in [-0.05, 0) is 25.1 Å². The van der Waals surface area contributed by atoms with E-state index in [1.165, 1.54) is 5.56 Å². The summed E-state index contributed by atoms with van der Waals surface area (Å²) >= 11 is 0. The lowest BCUT2D eigenvalue weighted by Crippen LogP contribution is -1.98. The summed E-state index contributed by atoms with van der Waals surface area (Å²) in [5.41, 5.74) is 3.31. The van der Waals surface area contributed by atoms with Crippen LogP contribution in [-0.4, -0.2) is 20.0 Å². The number of fused-ring (bicyclic) bond motifs is 1. The Morgan fingerprint density at radius 2 is 2.28 bits per heavy atom. The first-order chi connectivity index (χ1) is 8.85. The average molecular weight is 241 g/mol. The van der Waals surface area contributed by atoms with Crippen molar-refractivity contribution in [3.8, 4) is 0 Å². The SMILES string of the molecule is CCn1cc(CNc2ccc3cn[nH]c3c2)cn1. The third-order valence-electron chi connectivity index (χ3n) is 2.95. The molecule has 2 aromatic heterocycles. The Bertz CT molecular complexity index is 652. The summed E-state index contributed by atoms with van der Waals surface area (Å²) < 4.78 is 1.93. The Morgan fingerprint density at radius 1 is 1.33 bits per heavy atom. The molecule has 0 spiro atoms. The largest absolute Gasteiger partial charge is 0.381 e. The van der Waals surface area contributed by atoms with E-state index in [4.69, 9.17) is 0 Å². The monoisotopic (exact) mass is 241 g/mol. The minimum atomic E-state index is 0.777. The maximum absolute atomic E-state index is 4.25. The van der Waals surface area contributed by atoms with Gasteiger partial charge < -0.3 is 5.32 Å². The summed E-state index contributed by atoms with van der Waals surface area (Å²) in [4.78, 5) is 0. The number of aromatic amines is 1. The third-order valence-corrected chi connectivity index (χ3v) is 2.95. The summed E-state index contributed by atoms with van der Waals surface area (Å²) in [6, 6.07) is 6.17. The number of benzene rings is 1. The van der Waals surface area contributed by atoms with Crippen molar-refractivity contribution in [2.24, 2.45) is 0 Å². The molecule has 0 unspecified atom stereocenters. The summed E-state index contributed by atoms with van der Waals surface area (Å²) in [7, 11) is 0. The highest BCUT2D eigenvalue weighted by Crippen LogP contribution is 2.17. The molecule has 0 atom stereocenters. The number of aryl methyl sites for hydroxylation is 1. The van der Waals surface area contributed by atoms with E-state index in [1.807, 2.05) is 17.1 Å². The maximum atomic E-state index is 4.25. The Hall–Kier alpha value is -2.30. The molecular formula is C13H15N5. The Morgan fingerprint density at radius 3 is 3.11 bits per heavy atom. The van der Waals surface area contributed by atoms with Crippen molar-refractivity contribution in [1.29, 1.82) is 0 Å². The van der Waals surface area contributed by atoms with Crippen molar-refractivity contribution in [2.45, 2.75) is 20.0 Å². The smallest absolute Gasteiger partial charge is 0.0670 e. The van der Waals surface area contributed by atoms with Crippen LogP contribution >= 0.6 is 0 Å². The fraction of sp³-hybridized carbons (Fsp3) is 0.231. The van der Waals surface area contributed by atoms with Gasteiger partial charge in [0.2, 0.25) is 0 Å². The zero-order chi connectivity index (χ0) is 12.4. The standard InChI is InChI=1S/C13H15N5/c1-2-18-9-10(7-16-18)6-14-12-4-3-11-8-15-17-13(11)5-12/h3-5,7-9,14H,2,6H2,1H3,(H,15,17). The predicted octanol–water partition coefficient (Wildman–Crippen LogP) is 2.39. The molecule has 3 rings (SSSR count). The molecule has 2 N–H and O–H groups in total. The second-order valence-electron chi connectivity index (χ2n) is 4.23. The molecule has 0 bridgehead atoms. The van der Waals surface area contributed by atoms with Crippen LogP contribution in [0.25, 0.3) is 10.9 Å². The number of H-pyrrole nitrogens is 1. The van der Waals surface area contributed by atoms with Crippen molar-refractivity contribution in [1.82, 2.24) is 20.0 Å². The van der Waals surface area contributed by atoms with Crippen LogP contribution in [0.5, 0.6) is 0 Å². The molecule has 0 aliphatic rings. The molecule has 5 heteroatoms. The van der Waals surface area contributed by atoms with Crippen molar-refractivity contribution >= 4 is 16.6 Å². The minimum absolute atomic E-state index is 0.777. The van der Waals surface area contributed by atoms with Gasteiger partial charge in [-0.3, -0.25) is 9.78 Å². The molecule has 0 aliphatic heterocycles. The number of aromatic nitrogens is 4. The summed E-state index contributed by atoms with van der Waals surface area (Å²) in [5, 5.41) is 15.7. The number of hydrogen-bond donors (Lipinski definition) is 2. The molecule has 0 fully saturated rings. The Kier molecular flexibility index (Phi) is 2.72. The van der Waals surface area contributed by atoms with E-state index in [2.05, 4.69) is 51.9 Å². The normalized spacial score (nSPS) is 10.9. The molecule has 0 radical (unpaired) electrons. The fourth-order valence-corrected chi connectivity index (χ4v) is 1.92. The lowest BCUT2D eigenvalue weighted by molar-refractivity contribution is 0.659. The minimum Gasteiger partial charge on any atom is -0.381 e. The molecule has 2 heterocycles. The zero-order valence-corrected chi connectivity index (χ0v) is 10.2. The first-order valence-corrected chi connectivity index (χ1v) is 6.03. The van der Waals surface area contributed by atoms with Crippen LogP contribution < -0.4 is 5.32 Å². The maximum Gasteiger partial charge on any atom is 0.0670 e. The Labute approximate surface area is 105 Å². The molecule has 92 valence electrons. The summed E-state index contributed by atoms with van der Waals surface area (Å²) in [5.74, 6) is 0. The van der Waals surface area contributed by atoms with Gasteiger partial charge in [-0.2, -0.15) is 10.2 Å². The molecule has 5 nitrogen and oxygen atoms in total. The van der Waals surface area contributed by atoms with Crippen LogP contribution in [-0.2, 0) is 13.1 Å². The van der Waals surface area contributed by atoms with E-state index in [1.54, 1.807) is 0 Å². The van der Waals surface area contributed by atoms with Gasteiger partial charge in [-0.1, -0.05) is 0 Å². The van der Waals surface area contributed by atoms with Crippen LogP contribution in [0.3, 0.4) is 0 Å². The number of rotatable bonds is 4. The molecule has 3 aromatic rings. The van der Waals surface area contributed by atoms with Gasteiger partial charge in [-0.25, -0.2) is 0 Å². The van der Waals surface area contributed by atoms with E-state index < -0.39 is 0 Å². The van der Waals surface area contributed by atoms with Crippen LogP contribution in [0.15, 0.2) is 36.8 Å². The molecule has 0 aliphatic carbocycles. The molecule has 18 heavy (non-hydrogen) atoms. The van der Waals surface area contributed by atoms with Gasteiger partial charge in [0.1, 0.15) is 0 Å². The predicted molar refractivity (Wildman–Crippen MR) is 71.3 cm³/mol. The number of nitrogens with one attached hydrogen (secondary N) is 2. The van der Waals surface area contributed by atoms with Gasteiger partial charge in [-0.15, -0.1) is 0 Å².